The maximum absolute atomic E-state index is 9.60. The second kappa shape index (κ2) is 13.6. The summed E-state index contributed by atoms with van der Waals surface area (Å²) in [6, 6.07) is 0. The van der Waals surface area contributed by atoms with Crippen LogP contribution in [0.15, 0.2) is 0 Å². The highest BCUT2D eigenvalue weighted by molar-refractivity contribution is 8.00. The molecule has 0 aromatic rings. The van der Waals surface area contributed by atoms with E-state index in [4.69, 9.17) is 16.7 Å². The summed E-state index contributed by atoms with van der Waals surface area (Å²) in [7, 11) is 0. The number of alkyl halides is 1. The molecular formula is C10H21ClO3S3. The molecule has 0 radical (unpaired) electrons. The maximum atomic E-state index is 9.60. The highest BCUT2D eigenvalue weighted by Gasteiger charge is 2.08. The number of halogens is 1. The van der Waals surface area contributed by atoms with Crippen LogP contribution in [0.2, 0.25) is 0 Å². The van der Waals surface area contributed by atoms with E-state index >= 15 is 0 Å². The van der Waals surface area contributed by atoms with E-state index in [1.165, 1.54) is 0 Å². The molecule has 7 heteroatoms. The second-order valence-electron chi connectivity index (χ2n) is 3.41. The van der Waals surface area contributed by atoms with Crippen LogP contribution in [0, 0.1) is 0 Å². The lowest BCUT2D eigenvalue weighted by Gasteiger charge is -2.12. The number of hydrogen-bond donors (Lipinski definition) is 3. The molecular weight excluding hydrogens is 300 g/mol. The lowest BCUT2D eigenvalue weighted by Crippen LogP contribution is -2.18. The predicted molar refractivity (Wildman–Crippen MR) is 81.8 cm³/mol. The molecule has 0 heterocycles. The van der Waals surface area contributed by atoms with Crippen LogP contribution in [0.4, 0.5) is 0 Å². The Kier molecular flexibility index (Phi) is 14.6. The standard InChI is InChI=1S/C10H21ClO3S3/c11-1-3-15-5-9(13)7-17-8-10(14)6-16-4-2-12/h9-10,12-14H,1-8H2. The fraction of sp³-hybridized carbons (Fsp3) is 1.00. The largest absolute Gasteiger partial charge is 0.396 e. The molecule has 17 heavy (non-hydrogen) atoms. The molecule has 0 rings (SSSR count). The zero-order valence-electron chi connectivity index (χ0n) is 9.76. The van der Waals surface area contributed by atoms with Crippen molar-refractivity contribution >= 4 is 46.9 Å². The van der Waals surface area contributed by atoms with E-state index in [9.17, 15) is 10.2 Å². The van der Waals surface area contributed by atoms with E-state index in [0.29, 0.717) is 34.6 Å². The van der Waals surface area contributed by atoms with E-state index in [-0.39, 0.29) is 18.8 Å². The van der Waals surface area contributed by atoms with Crippen LogP contribution in [0.25, 0.3) is 0 Å². The smallest absolute Gasteiger partial charge is 0.0720 e. The lowest BCUT2D eigenvalue weighted by molar-refractivity contribution is 0.220. The number of aliphatic hydroxyl groups excluding tert-OH is 3. The third-order valence-electron chi connectivity index (χ3n) is 1.70. The van der Waals surface area contributed by atoms with Gasteiger partial charge < -0.3 is 15.3 Å². The van der Waals surface area contributed by atoms with Crippen molar-refractivity contribution < 1.29 is 15.3 Å². The predicted octanol–water partition coefficient (Wildman–Crippen LogP) is 1.14. The summed E-state index contributed by atoms with van der Waals surface area (Å²) in [6.07, 6.45) is -0.690. The number of aliphatic hydroxyl groups is 3. The minimum absolute atomic E-state index is 0.154. The van der Waals surface area contributed by atoms with Crippen LogP contribution >= 0.6 is 46.9 Å². The van der Waals surface area contributed by atoms with Gasteiger partial charge in [0.1, 0.15) is 0 Å². The maximum Gasteiger partial charge on any atom is 0.0720 e. The zero-order valence-corrected chi connectivity index (χ0v) is 13.0. The Labute approximate surface area is 121 Å². The summed E-state index contributed by atoms with van der Waals surface area (Å²) in [5.41, 5.74) is 0. The van der Waals surface area contributed by atoms with Crippen LogP contribution in [0.1, 0.15) is 0 Å². The van der Waals surface area contributed by atoms with Crippen LogP contribution in [-0.2, 0) is 0 Å². The van der Waals surface area contributed by atoms with Crippen molar-refractivity contribution in [3.8, 4) is 0 Å². The third-order valence-corrected chi connectivity index (χ3v) is 5.56. The summed E-state index contributed by atoms with van der Waals surface area (Å²) in [5, 5.41) is 27.8. The van der Waals surface area contributed by atoms with Gasteiger partial charge in [0.2, 0.25) is 0 Å². The molecule has 0 aliphatic rings. The molecule has 3 N–H and O–H groups in total. The van der Waals surface area contributed by atoms with E-state index in [2.05, 4.69) is 0 Å². The quantitative estimate of drug-likeness (QED) is 0.370. The fourth-order valence-corrected chi connectivity index (χ4v) is 3.89. The second-order valence-corrected chi connectivity index (χ2v) is 7.16. The highest BCUT2D eigenvalue weighted by atomic mass is 35.5. The van der Waals surface area contributed by atoms with Gasteiger partial charge in [-0.3, -0.25) is 0 Å². The average molecular weight is 321 g/mol. The zero-order chi connectivity index (χ0) is 12.9. The van der Waals surface area contributed by atoms with Gasteiger partial charge in [0.15, 0.2) is 0 Å². The molecule has 0 aromatic carbocycles. The first-order valence-corrected chi connectivity index (χ1v) is 9.46. The van der Waals surface area contributed by atoms with Gasteiger partial charge in [-0.25, -0.2) is 0 Å². The van der Waals surface area contributed by atoms with Gasteiger partial charge in [0.25, 0.3) is 0 Å². The van der Waals surface area contributed by atoms with Gasteiger partial charge in [0, 0.05) is 40.4 Å². The molecule has 3 nitrogen and oxygen atoms in total. The van der Waals surface area contributed by atoms with Gasteiger partial charge >= 0.3 is 0 Å². The fourth-order valence-electron chi connectivity index (χ4n) is 0.994. The molecule has 0 aliphatic carbocycles. The summed E-state index contributed by atoms with van der Waals surface area (Å²) < 4.78 is 0. The molecule has 0 aromatic heterocycles. The molecule has 0 saturated heterocycles. The van der Waals surface area contributed by atoms with Crippen molar-refractivity contribution in [3.63, 3.8) is 0 Å². The van der Waals surface area contributed by atoms with E-state index in [1.807, 2.05) is 0 Å². The van der Waals surface area contributed by atoms with Crippen molar-refractivity contribution in [3.05, 3.63) is 0 Å². The van der Waals surface area contributed by atoms with Gasteiger partial charge in [-0.05, 0) is 0 Å². The molecule has 2 atom stereocenters. The highest BCUT2D eigenvalue weighted by Crippen LogP contribution is 2.12. The van der Waals surface area contributed by atoms with Gasteiger partial charge in [0.05, 0.1) is 18.8 Å². The molecule has 0 bridgehead atoms. The number of rotatable bonds is 12. The van der Waals surface area contributed by atoms with Gasteiger partial charge in [-0.2, -0.15) is 35.3 Å². The summed E-state index contributed by atoms with van der Waals surface area (Å²) in [5.74, 6) is 4.78. The Bertz CT molecular complexity index is 150. The van der Waals surface area contributed by atoms with Crippen LogP contribution in [0.5, 0.6) is 0 Å². The normalized spacial score (nSPS) is 14.8. The van der Waals surface area contributed by atoms with Crippen molar-refractivity contribution in [1.82, 2.24) is 0 Å². The molecule has 0 fully saturated rings. The first-order valence-electron chi connectivity index (χ1n) is 5.46. The third kappa shape index (κ3) is 13.5. The summed E-state index contributed by atoms with van der Waals surface area (Å²) in [4.78, 5) is 0. The SMILES string of the molecule is OCCSCC(O)CSCC(O)CSCCCl. The lowest BCUT2D eigenvalue weighted by atomic mass is 10.5. The first-order chi connectivity index (χ1) is 8.20. The molecule has 0 spiro atoms. The monoisotopic (exact) mass is 320 g/mol. The Balaban J connectivity index is 3.29. The van der Waals surface area contributed by atoms with Crippen molar-refractivity contribution in [1.29, 1.82) is 0 Å². The minimum Gasteiger partial charge on any atom is -0.396 e. The minimum atomic E-state index is -0.362. The summed E-state index contributed by atoms with van der Waals surface area (Å²) in [6.45, 7) is 0.154. The van der Waals surface area contributed by atoms with Gasteiger partial charge in [-0.1, -0.05) is 0 Å². The average Bonchev–Trinajstić information content (AvgIpc) is 2.30. The van der Waals surface area contributed by atoms with Crippen LogP contribution in [0.3, 0.4) is 0 Å². The molecule has 2 unspecified atom stereocenters. The summed E-state index contributed by atoms with van der Waals surface area (Å²) >= 11 is 10.3. The molecule has 0 amide bonds. The molecule has 104 valence electrons. The van der Waals surface area contributed by atoms with Crippen molar-refractivity contribution in [2.45, 2.75) is 12.2 Å². The Morgan fingerprint density at radius 3 is 1.76 bits per heavy atom. The Hall–Kier alpha value is 1.22. The van der Waals surface area contributed by atoms with E-state index < -0.39 is 0 Å². The molecule has 0 aliphatic heterocycles. The van der Waals surface area contributed by atoms with Crippen LogP contribution < -0.4 is 0 Å². The van der Waals surface area contributed by atoms with E-state index in [1.54, 1.807) is 35.3 Å². The van der Waals surface area contributed by atoms with Gasteiger partial charge in [-0.15, -0.1) is 11.6 Å². The number of thioether (sulfide) groups is 3. The van der Waals surface area contributed by atoms with Crippen LogP contribution in [-0.4, -0.2) is 74.5 Å². The topological polar surface area (TPSA) is 60.7 Å². The Morgan fingerprint density at radius 2 is 1.29 bits per heavy atom. The number of hydrogen-bond acceptors (Lipinski definition) is 6. The Morgan fingerprint density at radius 1 is 0.824 bits per heavy atom. The van der Waals surface area contributed by atoms with Crippen molar-refractivity contribution in [2.24, 2.45) is 0 Å². The van der Waals surface area contributed by atoms with Crippen molar-refractivity contribution in [2.75, 3.05) is 47.0 Å². The molecule has 0 saturated carbocycles. The first kappa shape index (κ1) is 18.2. The van der Waals surface area contributed by atoms with E-state index in [0.717, 1.165) is 5.75 Å².